The van der Waals surface area contributed by atoms with E-state index < -0.39 is 5.60 Å². The van der Waals surface area contributed by atoms with Crippen LogP contribution in [-0.4, -0.2) is 10.7 Å². The van der Waals surface area contributed by atoms with Gasteiger partial charge < -0.3 is 5.11 Å². The minimum Gasteiger partial charge on any atom is -0.390 e. The molecule has 4 fully saturated rings. The van der Waals surface area contributed by atoms with Crippen LogP contribution in [0.5, 0.6) is 0 Å². The number of rotatable bonds is 0. The van der Waals surface area contributed by atoms with E-state index in [0.717, 1.165) is 42.4 Å². The lowest BCUT2D eigenvalue weighted by atomic mass is 9.42. The summed E-state index contributed by atoms with van der Waals surface area (Å²) >= 11 is 0. The maximum absolute atomic E-state index is 10.7. The molecule has 0 amide bonds. The molecule has 0 aromatic rings. The van der Waals surface area contributed by atoms with Crippen molar-refractivity contribution in [2.45, 2.75) is 91.6 Å². The largest absolute Gasteiger partial charge is 0.390 e. The van der Waals surface area contributed by atoms with Crippen LogP contribution in [0.1, 0.15) is 86.0 Å². The zero-order chi connectivity index (χ0) is 17.3. The summed E-state index contributed by atoms with van der Waals surface area (Å²) in [5.74, 6) is 4.31. The first kappa shape index (κ1) is 17.1. The van der Waals surface area contributed by atoms with Crippen LogP contribution in [0.15, 0.2) is 11.6 Å². The molecular formula is C23H38O. The lowest BCUT2D eigenvalue weighted by Crippen LogP contribution is -2.57. The Labute approximate surface area is 149 Å². The Kier molecular flexibility index (Phi) is 3.82. The number of allylic oxidation sites excluding steroid dienone is 2. The molecule has 4 aliphatic rings. The Bertz CT molecular complexity index is 546. The molecule has 1 unspecified atom stereocenters. The van der Waals surface area contributed by atoms with Crippen LogP contribution < -0.4 is 0 Å². The van der Waals surface area contributed by atoms with E-state index in [0.29, 0.717) is 10.8 Å². The summed E-state index contributed by atoms with van der Waals surface area (Å²) in [6, 6.07) is 0. The van der Waals surface area contributed by atoms with Crippen LogP contribution in [-0.2, 0) is 0 Å². The highest BCUT2D eigenvalue weighted by molar-refractivity contribution is 5.24. The van der Waals surface area contributed by atoms with E-state index in [-0.39, 0.29) is 0 Å². The minimum absolute atomic E-state index is 0.411. The average molecular weight is 331 g/mol. The highest BCUT2D eigenvalue weighted by atomic mass is 16.3. The molecule has 0 radical (unpaired) electrons. The first-order valence-corrected chi connectivity index (χ1v) is 10.6. The quantitative estimate of drug-likeness (QED) is 0.542. The number of hydrogen-bond donors (Lipinski definition) is 1. The minimum atomic E-state index is -0.411. The summed E-state index contributed by atoms with van der Waals surface area (Å²) in [4.78, 5) is 0. The summed E-state index contributed by atoms with van der Waals surface area (Å²) < 4.78 is 0. The second-order valence-corrected chi connectivity index (χ2v) is 10.7. The number of fused-ring (bicyclic) bond motifs is 5. The van der Waals surface area contributed by atoms with Gasteiger partial charge in [-0.3, -0.25) is 0 Å². The van der Waals surface area contributed by atoms with Gasteiger partial charge in [0, 0.05) is 0 Å². The molecule has 1 N–H and O–H groups in total. The molecule has 0 aliphatic heterocycles. The van der Waals surface area contributed by atoms with Crippen molar-refractivity contribution in [3.63, 3.8) is 0 Å². The molecule has 0 aromatic heterocycles. The zero-order valence-corrected chi connectivity index (χ0v) is 16.6. The van der Waals surface area contributed by atoms with Crippen molar-refractivity contribution in [3.05, 3.63) is 11.6 Å². The highest BCUT2D eigenvalue weighted by Gasteiger charge is 2.61. The van der Waals surface area contributed by atoms with E-state index in [9.17, 15) is 5.11 Å². The van der Waals surface area contributed by atoms with E-state index in [1.807, 2.05) is 0 Å². The Balaban J connectivity index is 1.68. The molecular weight excluding hydrogens is 292 g/mol. The van der Waals surface area contributed by atoms with Gasteiger partial charge in [-0.1, -0.05) is 32.4 Å². The molecule has 0 spiro atoms. The van der Waals surface area contributed by atoms with Crippen LogP contribution in [0.3, 0.4) is 0 Å². The van der Waals surface area contributed by atoms with E-state index in [1.165, 1.54) is 38.5 Å². The molecule has 136 valence electrons. The smallest absolute Gasteiger partial charge is 0.0622 e. The van der Waals surface area contributed by atoms with E-state index >= 15 is 0 Å². The Morgan fingerprint density at radius 3 is 2.50 bits per heavy atom. The van der Waals surface area contributed by atoms with E-state index in [2.05, 4.69) is 40.7 Å². The van der Waals surface area contributed by atoms with Gasteiger partial charge in [-0.05, 0) is 106 Å². The molecule has 4 aliphatic carbocycles. The molecule has 0 saturated heterocycles. The fourth-order valence-corrected chi connectivity index (χ4v) is 8.14. The second kappa shape index (κ2) is 5.35. The zero-order valence-electron chi connectivity index (χ0n) is 16.6. The molecule has 1 nitrogen and oxygen atoms in total. The molecule has 1 heteroatoms. The van der Waals surface area contributed by atoms with Crippen molar-refractivity contribution < 1.29 is 5.11 Å². The Morgan fingerprint density at radius 1 is 1.04 bits per heavy atom. The maximum Gasteiger partial charge on any atom is 0.0622 e. The van der Waals surface area contributed by atoms with Gasteiger partial charge >= 0.3 is 0 Å². The fourth-order valence-electron chi connectivity index (χ4n) is 8.14. The lowest BCUT2D eigenvalue weighted by Gasteiger charge is -2.63. The second-order valence-electron chi connectivity index (χ2n) is 10.7. The topological polar surface area (TPSA) is 20.2 Å². The van der Waals surface area contributed by atoms with Crippen molar-refractivity contribution in [2.24, 2.45) is 40.4 Å². The fraction of sp³-hybridized carbons (Fsp3) is 0.913. The van der Waals surface area contributed by atoms with Gasteiger partial charge in [0.15, 0.2) is 0 Å². The van der Waals surface area contributed by atoms with Gasteiger partial charge in [0.2, 0.25) is 0 Å². The van der Waals surface area contributed by atoms with Gasteiger partial charge in [0.25, 0.3) is 0 Å². The highest BCUT2D eigenvalue weighted by Crippen LogP contribution is 2.68. The molecule has 0 aromatic carbocycles. The maximum atomic E-state index is 10.7. The van der Waals surface area contributed by atoms with Gasteiger partial charge in [0.05, 0.1) is 5.60 Å². The summed E-state index contributed by atoms with van der Waals surface area (Å²) in [5.41, 5.74) is 2.33. The first-order valence-electron chi connectivity index (χ1n) is 10.6. The van der Waals surface area contributed by atoms with E-state index in [1.54, 1.807) is 5.57 Å². The van der Waals surface area contributed by atoms with Crippen molar-refractivity contribution in [2.75, 3.05) is 0 Å². The molecule has 4 saturated carbocycles. The van der Waals surface area contributed by atoms with Gasteiger partial charge in [-0.25, -0.2) is 0 Å². The van der Waals surface area contributed by atoms with Crippen molar-refractivity contribution in [3.8, 4) is 0 Å². The monoisotopic (exact) mass is 330 g/mol. The Hall–Kier alpha value is -0.300. The molecule has 4 rings (SSSR count). The third-order valence-electron chi connectivity index (χ3n) is 9.51. The van der Waals surface area contributed by atoms with Gasteiger partial charge in [-0.2, -0.15) is 0 Å². The van der Waals surface area contributed by atoms with Crippen molar-refractivity contribution >= 4 is 0 Å². The summed E-state index contributed by atoms with van der Waals surface area (Å²) in [6.45, 7) is 12.1. The number of aliphatic hydroxyl groups is 1. The lowest BCUT2D eigenvalue weighted by molar-refractivity contribution is -0.157. The standard InChI is InChI=1S/C23H38O/c1-6-16-7-8-18-20-15(2)13-17-14-21(3,24)11-12-23(17,5)19(20)9-10-22(16,18)4/h6,15,17-20,24H,7-14H2,1-5H3/b16-6-/t15?,17-,18-,19-,20-,21+,22+,23-/m0/s1. The molecule has 24 heavy (non-hydrogen) atoms. The van der Waals surface area contributed by atoms with Crippen LogP contribution in [0.25, 0.3) is 0 Å². The summed E-state index contributed by atoms with van der Waals surface area (Å²) in [7, 11) is 0. The predicted molar refractivity (Wildman–Crippen MR) is 101 cm³/mol. The average Bonchev–Trinajstić information content (AvgIpc) is 2.85. The number of hydrogen-bond acceptors (Lipinski definition) is 1. The van der Waals surface area contributed by atoms with Crippen LogP contribution in [0.4, 0.5) is 0 Å². The summed E-state index contributed by atoms with van der Waals surface area (Å²) in [5, 5.41) is 10.7. The summed E-state index contributed by atoms with van der Waals surface area (Å²) in [6.07, 6.45) is 12.7. The normalized spacial score (nSPS) is 58.9. The molecule has 0 bridgehead atoms. The first-order chi connectivity index (χ1) is 11.2. The van der Waals surface area contributed by atoms with Crippen LogP contribution in [0, 0.1) is 40.4 Å². The predicted octanol–water partition coefficient (Wildman–Crippen LogP) is 5.97. The van der Waals surface area contributed by atoms with Crippen LogP contribution >= 0.6 is 0 Å². The van der Waals surface area contributed by atoms with Gasteiger partial charge in [-0.15, -0.1) is 0 Å². The SMILES string of the molecule is C/C=C1/CC[C@H]2[C@@H]3C(C)C[C@H]4C[C@](C)(O)CC[C@]4(C)[C@H]3CC[C@]12C. The molecule has 8 atom stereocenters. The van der Waals surface area contributed by atoms with E-state index in [4.69, 9.17) is 0 Å². The van der Waals surface area contributed by atoms with Crippen molar-refractivity contribution in [1.29, 1.82) is 0 Å². The molecule has 0 heterocycles. The third kappa shape index (κ3) is 2.22. The Morgan fingerprint density at radius 2 is 1.79 bits per heavy atom. The van der Waals surface area contributed by atoms with Gasteiger partial charge in [0.1, 0.15) is 0 Å². The van der Waals surface area contributed by atoms with Crippen LogP contribution in [0.2, 0.25) is 0 Å². The third-order valence-corrected chi connectivity index (χ3v) is 9.51. The van der Waals surface area contributed by atoms with Crippen molar-refractivity contribution in [1.82, 2.24) is 0 Å².